The van der Waals surface area contributed by atoms with Crippen molar-refractivity contribution in [2.24, 2.45) is 0 Å². The van der Waals surface area contributed by atoms with Gasteiger partial charge in [0, 0.05) is 16.9 Å². The van der Waals surface area contributed by atoms with Crippen molar-refractivity contribution in [2.45, 2.75) is 17.8 Å². The highest BCUT2D eigenvalue weighted by Gasteiger charge is 2.28. The number of nitrogens with zero attached hydrogens (tertiary/aromatic N) is 2. The number of ether oxygens (including phenoxy) is 2. The smallest absolute Gasteiger partial charge is 0.330 e. The lowest BCUT2D eigenvalue weighted by Gasteiger charge is -2.23. The summed E-state index contributed by atoms with van der Waals surface area (Å²) in [5.41, 5.74) is 2.62. The van der Waals surface area contributed by atoms with E-state index < -0.39 is 5.97 Å². The second-order valence-corrected chi connectivity index (χ2v) is 6.13. The van der Waals surface area contributed by atoms with Crippen LogP contribution < -0.4 is 0 Å². The highest BCUT2D eigenvalue weighted by atomic mass is 32.2. The van der Waals surface area contributed by atoms with Gasteiger partial charge in [0.25, 0.3) is 0 Å². The second-order valence-electron chi connectivity index (χ2n) is 4.98. The molecule has 2 heterocycles. The van der Waals surface area contributed by atoms with Crippen molar-refractivity contribution < 1.29 is 14.3 Å². The van der Waals surface area contributed by atoms with Crippen LogP contribution in [0.1, 0.15) is 18.1 Å². The van der Waals surface area contributed by atoms with Crippen LogP contribution in [0.4, 0.5) is 0 Å². The fraction of sp³-hybridized carbons (Fsp3) is 0.312. The molecule has 0 bridgehead atoms. The summed E-state index contributed by atoms with van der Waals surface area (Å²) in [5.74, 6) is -0.444. The number of H-pyrrole nitrogens is 1. The van der Waals surface area contributed by atoms with E-state index in [0.29, 0.717) is 6.61 Å². The minimum absolute atomic E-state index is 0.147. The molecule has 3 rings (SSSR count). The maximum absolute atomic E-state index is 11.1. The predicted molar refractivity (Wildman–Crippen MR) is 88.9 cm³/mol. The Labute approximate surface area is 137 Å². The van der Waals surface area contributed by atoms with Crippen molar-refractivity contribution in [3.63, 3.8) is 0 Å². The maximum Gasteiger partial charge on any atom is 0.330 e. The van der Waals surface area contributed by atoms with Crippen molar-refractivity contribution in [3.8, 4) is 0 Å². The van der Waals surface area contributed by atoms with Crippen molar-refractivity contribution in [3.05, 3.63) is 47.9 Å². The number of aromatic amines is 1. The van der Waals surface area contributed by atoms with Crippen molar-refractivity contribution in [1.29, 1.82) is 0 Å². The summed E-state index contributed by atoms with van der Waals surface area (Å²) in [7, 11) is 0. The van der Waals surface area contributed by atoms with Gasteiger partial charge in [-0.3, -0.25) is 0 Å². The van der Waals surface area contributed by atoms with Crippen LogP contribution in [0, 0.1) is 0 Å². The lowest BCUT2D eigenvalue weighted by atomic mass is 10.0. The first-order valence-corrected chi connectivity index (χ1v) is 8.24. The number of para-hydroxylation sites is 1. The molecule has 2 atom stereocenters. The Kier molecular flexibility index (Phi) is 5.09. The number of benzene rings is 1. The van der Waals surface area contributed by atoms with Crippen LogP contribution in [0.3, 0.4) is 0 Å². The molecule has 6 nitrogen and oxygen atoms in total. The van der Waals surface area contributed by atoms with Crippen molar-refractivity contribution >= 4 is 28.8 Å². The van der Waals surface area contributed by atoms with Gasteiger partial charge in [-0.2, -0.15) is 15.4 Å². The second kappa shape index (κ2) is 7.43. The van der Waals surface area contributed by atoms with E-state index >= 15 is 0 Å². The summed E-state index contributed by atoms with van der Waals surface area (Å²) in [5, 5.41) is 13.4. The maximum atomic E-state index is 11.1. The van der Waals surface area contributed by atoms with Gasteiger partial charge >= 0.3 is 5.97 Å². The minimum atomic E-state index is -0.444. The number of nitrogens with one attached hydrogen (secondary N) is 1. The van der Waals surface area contributed by atoms with Gasteiger partial charge in [-0.25, -0.2) is 4.79 Å². The SMILES string of the molecule is C=CC(=O)OCCOC(c1cccc2n[nH]nc12)C1CC=CS1. The molecule has 1 aliphatic rings. The van der Waals surface area contributed by atoms with Gasteiger partial charge in [-0.05, 0) is 17.9 Å². The number of rotatable bonds is 7. The number of carbonyl (C=O) groups excluding carboxylic acids is 1. The number of hydrogen-bond donors (Lipinski definition) is 1. The Balaban J connectivity index is 1.74. The average Bonchev–Trinajstić information content (AvgIpc) is 3.25. The monoisotopic (exact) mass is 331 g/mol. The molecule has 0 aliphatic carbocycles. The van der Waals surface area contributed by atoms with Crippen LogP contribution in [0.5, 0.6) is 0 Å². The molecule has 0 amide bonds. The molecule has 0 saturated carbocycles. The highest BCUT2D eigenvalue weighted by molar-refractivity contribution is 8.03. The molecule has 0 radical (unpaired) electrons. The summed E-state index contributed by atoms with van der Waals surface area (Å²) in [6.45, 7) is 3.88. The zero-order valence-electron chi connectivity index (χ0n) is 12.5. The lowest BCUT2D eigenvalue weighted by Crippen LogP contribution is -2.20. The van der Waals surface area contributed by atoms with E-state index in [2.05, 4.69) is 33.5 Å². The largest absolute Gasteiger partial charge is 0.460 e. The van der Waals surface area contributed by atoms with E-state index in [1.807, 2.05) is 18.2 Å². The first-order valence-electron chi connectivity index (χ1n) is 7.30. The van der Waals surface area contributed by atoms with Gasteiger partial charge in [-0.15, -0.1) is 11.8 Å². The van der Waals surface area contributed by atoms with Crippen LogP contribution in [0.25, 0.3) is 11.0 Å². The van der Waals surface area contributed by atoms with E-state index in [9.17, 15) is 4.79 Å². The molecule has 2 unspecified atom stereocenters. The lowest BCUT2D eigenvalue weighted by molar-refractivity contribution is -0.139. The molecular weight excluding hydrogens is 314 g/mol. The first-order chi connectivity index (χ1) is 11.3. The topological polar surface area (TPSA) is 77.1 Å². The quantitative estimate of drug-likeness (QED) is 0.477. The third kappa shape index (κ3) is 3.62. The van der Waals surface area contributed by atoms with Crippen LogP contribution in [-0.4, -0.2) is 39.8 Å². The van der Waals surface area contributed by atoms with E-state index in [1.54, 1.807) is 11.8 Å². The molecule has 1 aromatic heterocycles. The molecule has 0 fully saturated rings. The van der Waals surface area contributed by atoms with E-state index in [0.717, 1.165) is 29.1 Å². The standard InChI is InChI=1S/C16H17N3O3S/c1-2-14(20)21-8-9-22-16(13-7-4-10-23-13)11-5-3-6-12-15(11)18-19-17-12/h2-6,10,13,16H,1,7-9H2,(H,17,18,19). The normalized spacial score (nSPS) is 18.2. The van der Waals surface area contributed by atoms with Gasteiger partial charge in [-0.1, -0.05) is 24.8 Å². The Morgan fingerprint density at radius 3 is 3.17 bits per heavy atom. The van der Waals surface area contributed by atoms with Crippen LogP contribution >= 0.6 is 11.8 Å². The molecule has 2 aromatic rings. The molecule has 1 aliphatic heterocycles. The molecule has 23 heavy (non-hydrogen) atoms. The number of esters is 1. The summed E-state index contributed by atoms with van der Waals surface area (Å²) < 4.78 is 11.0. The molecule has 7 heteroatoms. The Morgan fingerprint density at radius 1 is 1.48 bits per heavy atom. The van der Waals surface area contributed by atoms with E-state index in [-0.39, 0.29) is 18.0 Å². The first kappa shape index (κ1) is 15.8. The fourth-order valence-electron chi connectivity index (χ4n) is 2.49. The number of carbonyl (C=O) groups is 1. The molecule has 1 aromatic carbocycles. The number of hydrogen-bond acceptors (Lipinski definition) is 6. The number of thioether (sulfide) groups is 1. The Morgan fingerprint density at radius 2 is 2.39 bits per heavy atom. The molecule has 1 N–H and O–H groups in total. The number of fused-ring (bicyclic) bond motifs is 1. The van der Waals surface area contributed by atoms with E-state index in [4.69, 9.17) is 9.47 Å². The zero-order chi connectivity index (χ0) is 16.1. The predicted octanol–water partition coefficient (Wildman–Crippen LogP) is 2.76. The van der Waals surface area contributed by atoms with Gasteiger partial charge < -0.3 is 9.47 Å². The van der Waals surface area contributed by atoms with Gasteiger partial charge in [0.1, 0.15) is 17.6 Å². The van der Waals surface area contributed by atoms with Crippen molar-refractivity contribution in [1.82, 2.24) is 15.4 Å². The molecule has 0 saturated heterocycles. The molecule has 120 valence electrons. The highest BCUT2D eigenvalue weighted by Crippen LogP contribution is 2.38. The zero-order valence-corrected chi connectivity index (χ0v) is 13.3. The van der Waals surface area contributed by atoms with Crippen LogP contribution in [0.2, 0.25) is 0 Å². The van der Waals surface area contributed by atoms with Gasteiger partial charge in [0.15, 0.2) is 0 Å². The summed E-state index contributed by atoms with van der Waals surface area (Å²) >= 11 is 1.74. The fourth-order valence-corrected chi connectivity index (χ4v) is 3.50. The molecule has 0 spiro atoms. The van der Waals surface area contributed by atoms with Crippen LogP contribution in [0.15, 0.2) is 42.3 Å². The van der Waals surface area contributed by atoms with Gasteiger partial charge in [0.2, 0.25) is 0 Å². The van der Waals surface area contributed by atoms with Crippen molar-refractivity contribution in [2.75, 3.05) is 13.2 Å². The average molecular weight is 331 g/mol. The Bertz CT molecular complexity index is 720. The van der Waals surface area contributed by atoms with Crippen LogP contribution in [-0.2, 0) is 14.3 Å². The summed E-state index contributed by atoms with van der Waals surface area (Å²) in [6.07, 6.45) is 4.05. The minimum Gasteiger partial charge on any atom is -0.460 e. The summed E-state index contributed by atoms with van der Waals surface area (Å²) in [4.78, 5) is 11.1. The van der Waals surface area contributed by atoms with Gasteiger partial charge in [0.05, 0.1) is 12.7 Å². The molecular formula is C16H17N3O3S. The van der Waals surface area contributed by atoms with E-state index in [1.165, 1.54) is 0 Å². The number of aromatic nitrogens is 3. The summed E-state index contributed by atoms with van der Waals surface area (Å²) in [6, 6.07) is 5.86. The Hall–Kier alpha value is -2.12. The third-order valence-corrected chi connectivity index (χ3v) is 4.67. The third-order valence-electron chi connectivity index (χ3n) is 3.53. The number of allylic oxidation sites excluding steroid dienone is 1.